The molecule has 0 spiro atoms. The summed E-state index contributed by atoms with van der Waals surface area (Å²) >= 11 is 0. The molecule has 0 aromatic heterocycles. The van der Waals surface area contributed by atoms with Gasteiger partial charge in [0, 0.05) is 17.1 Å². The Balaban J connectivity index is 1.03. The second kappa shape index (κ2) is 14.3. The van der Waals surface area contributed by atoms with Crippen molar-refractivity contribution >= 4 is 27.8 Å². The maximum Gasteiger partial charge on any atom is 0.0462 e. The molecule has 0 radical (unpaired) electrons. The third-order valence-electron chi connectivity index (χ3n) is 10.1. The molecular weight excluding hydrogens is 639 g/mol. The minimum Gasteiger partial charge on any atom is -0.311 e. The van der Waals surface area contributed by atoms with Gasteiger partial charge in [-0.05, 0) is 121 Å². The zero-order valence-corrected chi connectivity index (χ0v) is 29.3. The average molecular weight is 676 g/mol. The summed E-state index contributed by atoms with van der Waals surface area (Å²) in [5, 5.41) is 2.52. The lowest BCUT2D eigenvalue weighted by Gasteiger charge is -2.26. The third-order valence-corrected chi connectivity index (χ3v) is 10.1. The summed E-state index contributed by atoms with van der Waals surface area (Å²) < 4.78 is 0. The predicted molar refractivity (Wildman–Crippen MR) is 226 cm³/mol. The van der Waals surface area contributed by atoms with Crippen molar-refractivity contribution in [2.75, 3.05) is 4.90 Å². The van der Waals surface area contributed by atoms with E-state index < -0.39 is 0 Å². The molecular formula is C52H37N. The van der Waals surface area contributed by atoms with Gasteiger partial charge >= 0.3 is 0 Å². The van der Waals surface area contributed by atoms with Crippen molar-refractivity contribution in [3.8, 4) is 55.6 Å². The van der Waals surface area contributed by atoms with Crippen molar-refractivity contribution < 1.29 is 0 Å². The molecule has 1 nitrogen and oxygen atoms in total. The first-order chi connectivity index (χ1) is 26.2. The molecule has 0 saturated carbocycles. The summed E-state index contributed by atoms with van der Waals surface area (Å²) in [6, 6.07) is 80.8. The Labute approximate surface area is 311 Å². The highest BCUT2D eigenvalue weighted by Gasteiger charge is 2.14. The lowest BCUT2D eigenvalue weighted by Crippen LogP contribution is -2.09. The number of anilines is 3. The molecule has 0 N–H and O–H groups in total. The van der Waals surface area contributed by atoms with Crippen molar-refractivity contribution in [2.24, 2.45) is 0 Å². The SMILES string of the molecule is c1ccc(-c2ccc(N(c3ccc(-c4ccccc4)cc3)c3ccc(-c4cccc(-c5cccc(-c6ccc7ccccc7c6)c5)c4)cc3)cc2)cc1. The smallest absolute Gasteiger partial charge is 0.0462 e. The quantitative estimate of drug-likeness (QED) is 0.155. The van der Waals surface area contributed by atoms with E-state index in [0.29, 0.717) is 0 Å². The van der Waals surface area contributed by atoms with Gasteiger partial charge in [-0.25, -0.2) is 0 Å². The summed E-state index contributed by atoms with van der Waals surface area (Å²) in [5.41, 5.74) is 15.4. The molecule has 0 heterocycles. The second-order valence-electron chi connectivity index (χ2n) is 13.4. The van der Waals surface area contributed by atoms with Gasteiger partial charge in [-0.1, -0.05) is 170 Å². The molecule has 0 aliphatic rings. The standard InChI is InChI=1S/C52H37N/c1-3-11-38(12-4-1)41-23-29-50(30-24-41)53(51-31-25-42(26-32-51)39-13-5-2-6-14-39)52-33-27-43(28-34-52)45-17-9-18-46(35-45)47-19-10-20-48(37-47)49-22-21-40-15-7-8-16-44(40)36-49/h1-37H. The van der Waals surface area contributed by atoms with E-state index in [1.165, 1.54) is 66.4 Å². The Kier molecular flexibility index (Phi) is 8.66. The molecule has 0 fully saturated rings. The minimum absolute atomic E-state index is 1.10. The topological polar surface area (TPSA) is 3.24 Å². The van der Waals surface area contributed by atoms with Gasteiger partial charge in [-0.2, -0.15) is 0 Å². The third kappa shape index (κ3) is 6.77. The highest BCUT2D eigenvalue weighted by atomic mass is 15.1. The molecule has 0 amide bonds. The van der Waals surface area contributed by atoms with Crippen LogP contribution < -0.4 is 4.90 Å². The largest absolute Gasteiger partial charge is 0.311 e. The van der Waals surface area contributed by atoms with E-state index in [9.17, 15) is 0 Å². The number of benzene rings is 9. The molecule has 250 valence electrons. The van der Waals surface area contributed by atoms with E-state index in [0.717, 1.165) is 17.1 Å². The van der Waals surface area contributed by atoms with Crippen molar-refractivity contribution in [2.45, 2.75) is 0 Å². The maximum atomic E-state index is 2.34. The van der Waals surface area contributed by atoms with Crippen LogP contribution in [0.25, 0.3) is 66.4 Å². The average Bonchev–Trinajstić information content (AvgIpc) is 3.25. The zero-order chi connectivity index (χ0) is 35.4. The Morgan fingerprint density at radius 3 is 0.943 bits per heavy atom. The van der Waals surface area contributed by atoms with Crippen molar-refractivity contribution in [3.05, 3.63) is 224 Å². The molecule has 9 aromatic rings. The van der Waals surface area contributed by atoms with Gasteiger partial charge in [0.05, 0.1) is 0 Å². The molecule has 9 aromatic carbocycles. The van der Waals surface area contributed by atoms with E-state index >= 15 is 0 Å². The van der Waals surface area contributed by atoms with Crippen molar-refractivity contribution in [3.63, 3.8) is 0 Å². The number of fused-ring (bicyclic) bond motifs is 1. The first-order valence-corrected chi connectivity index (χ1v) is 18.2. The molecule has 0 unspecified atom stereocenters. The highest BCUT2D eigenvalue weighted by molar-refractivity contribution is 5.88. The fourth-order valence-corrected chi connectivity index (χ4v) is 7.24. The van der Waals surface area contributed by atoms with Crippen LogP contribution in [0.2, 0.25) is 0 Å². The molecule has 53 heavy (non-hydrogen) atoms. The fraction of sp³-hybridized carbons (Fsp3) is 0. The van der Waals surface area contributed by atoms with Crippen LogP contribution in [-0.2, 0) is 0 Å². The molecule has 0 aliphatic carbocycles. The van der Waals surface area contributed by atoms with Crippen LogP contribution in [0.3, 0.4) is 0 Å². The van der Waals surface area contributed by atoms with Gasteiger partial charge in [0.15, 0.2) is 0 Å². The molecule has 0 bridgehead atoms. The number of nitrogens with zero attached hydrogens (tertiary/aromatic N) is 1. The second-order valence-corrected chi connectivity index (χ2v) is 13.4. The highest BCUT2D eigenvalue weighted by Crippen LogP contribution is 2.38. The normalized spacial score (nSPS) is 11.0. The molecule has 0 saturated heterocycles. The van der Waals surface area contributed by atoms with E-state index in [-0.39, 0.29) is 0 Å². The van der Waals surface area contributed by atoms with Gasteiger partial charge < -0.3 is 4.90 Å². The number of hydrogen-bond donors (Lipinski definition) is 0. The molecule has 0 atom stereocenters. The Morgan fingerprint density at radius 2 is 0.491 bits per heavy atom. The minimum atomic E-state index is 1.10. The summed E-state index contributed by atoms with van der Waals surface area (Å²) in [5.74, 6) is 0. The zero-order valence-electron chi connectivity index (χ0n) is 29.3. The van der Waals surface area contributed by atoms with E-state index in [1.54, 1.807) is 0 Å². The van der Waals surface area contributed by atoms with Gasteiger partial charge in [-0.15, -0.1) is 0 Å². The lowest BCUT2D eigenvalue weighted by atomic mass is 9.95. The van der Waals surface area contributed by atoms with Gasteiger partial charge in [0.25, 0.3) is 0 Å². The van der Waals surface area contributed by atoms with Crippen LogP contribution in [0.15, 0.2) is 224 Å². The first-order valence-electron chi connectivity index (χ1n) is 18.2. The maximum absolute atomic E-state index is 2.34. The van der Waals surface area contributed by atoms with Crippen LogP contribution in [0, 0.1) is 0 Å². The van der Waals surface area contributed by atoms with Gasteiger partial charge in [0.1, 0.15) is 0 Å². The summed E-state index contributed by atoms with van der Waals surface area (Å²) in [4.78, 5) is 2.34. The van der Waals surface area contributed by atoms with Gasteiger partial charge in [-0.3, -0.25) is 0 Å². The number of hydrogen-bond acceptors (Lipinski definition) is 1. The van der Waals surface area contributed by atoms with Crippen LogP contribution in [0.1, 0.15) is 0 Å². The van der Waals surface area contributed by atoms with Crippen molar-refractivity contribution in [1.29, 1.82) is 0 Å². The van der Waals surface area contributed by atoms with E-state index in [2.05, 4.69) is 229 Å². The monoisotopic (exact) mass is 675 g/mol. The Hall–Kier alpha value is -6.96. The molecule has 9 rings (SSSR count). The fourth-order valence-electron chi connectivity index (χ4n) is 7.24. The van der Waals surface area contributed by atoms with E-state index in [1.807, 2.05) is 0 Å². The molecule has 1 heteroatoms. The van der Waals surface area contributed by atoms with Crippen LogP contribution in [0.4, 0.5) is 17.1 Å². The van der Waals surface area contributed by atoms with Crippen LogP contribution in [-0.4, -0.2) is 0 Å². The van der Waals surface area contributed by atoms with Gasteiger partial charge in [0.2, 0.25) is 0 Å². The number of rotatable bonds is 8. The molecule has 0 aliphatic heterocycles. The van der Waals surface area contributed by atoms with Crippen LogP contribution in [0.5, 0.6) is 0 Å². The summed E-state index contributed by atoms with van der Waals surface area (Å²) in [6.45, 7) is 0. The summed E-state index contributed by atoms with van der Waals surface area (Å²) in [7, 11) is 0. The summed E-state index contributed by atoms with van der Waals surface area (Å²) in [6.07, 6.45) is 0. The lowest BCUT2D eigenvalue weighted by molar-refractivity contribution is 1.28. The van der Waals surface area contributed by atoms with E-state index in [4.69, 9.17) is 0 Å². The Bertz CT molecular complexity index is 2540. The first kappa shape index (κ1) is 32.0. The van der Waals surface area contributed by atoms with Crippen molar-refractivity contribution in [1.82, 2.24) is 0 Å². The van der Waals surface area contributed by atoms with Crippen LogP contribution >= 0.6 is 0 Å². The predicted octanol–water partition coefficient (Wildman–Crippen LogP) is 14.6. The Morgan fingerprint density at radius 1 is 0.189 bits per heavy atom.